The lowest BCUT2D eigenvalue weighted by atomic mass is 10.0. The van der Waals surface area contributed by atoms with Crippen molar-refractivity contribution < 1.29 is 77.9 Å². The Morgan fingerprint density at radius 1 is 0.533 bits per heavy atom. The Kier molecular flexibility index (Phi) is 43.4. The summed E-state index contributed by atoms with van der Waals surface area (Å²) in [6.07, 6.45) is 6.33. The van der Waals surface area contributed by atoms with Crippen LogP contribution in [0.1, 0.15) is 181 Å². The van der Waals surface area contributed by atoms with E-state index in [1.165, 1.54) is 107 Å². The number of alkyl halides is 15. The second-order valence-corrected chi connectivity index (χ2v) is 25.4. The SMILES string of the molecule is C1CCCCC1.CCN(C(C)C)C(C)C.Cc1ccc(C(F)(F)F)cc1[N+](=O)[O-].Cl.ClCCl.Nc1cc(C(F)(F)F)ccc1N1CCCCC1.O=C(Cl)c1ccncc1.O=C(Nc1cc(C(F)(F)F)ccc1N1CCCCC1)c1ccncc1.O=[N+]([O-])c1cc(C(F)(F)F)ccc1N1CCCCC1.[2H]CF. The number of nitrogens with one attached hydrogen (secondary N) is 1. The molecule has 0 radical (unpaired) electrons. The normalized spacial score (nSPS) is 14.4. The molecule has 1 saturated carbocycles. The zero-order chi connectivity index (χ0) is 79.1. The summed E-state index contributed by atoms with van der Waals surface area (Å²) in [5, 5.41) is 23.7. The Balaban J connectivity index is 0.000000632. The predicted molar refractivity (Wildman–Crippen MR) is 394 cm³/mol. The Morgan fingerprint density at radius 3 is 1.16 bits per heavy atom. The number of pyridine rings is 2. The Morgan fingerprint density at radius 2 is 0.838 bits per heavy atom. The lowest BCUT2D eigenvalue weighted by Gasteiger charge is -2.31. The average Bonchev–Trinajstić information content (AvgIpc) is 0.819. The number of benzene rings is 4. The van der Waals surface area contributed by atoms with Gasteiger partial charge in [-0.1, -0.05) is 51.5 Å². The molecule has 0 spiro atoms. The minimum Gasteiger partial charge on any atom is -0.397 e. The molecule has 1 amide bonds. The van der Waals surface area contributed by atoms with Gasteiger partial charge < -0.3 is 25.8 Å². The molecule has 4 fully saturated rings. The predicted octanol–water partition coefficient (Wildman–Crippen LogP) is 22.5. The molecule has 1 aliphatic carbocycles. The zero-order valence-electron chi connectivity index (χ0n) is 60.2. The van der Waals surface area contributed by atoms with Gasteiger partial charge in [-0.05, 0) is 189 Å². The number of halogens is 17. The first-order valence-electron chi connectivity index (χ1n) is 34.2. The largest absolute Gasteiger partial charge is 0.416 e. The Bertz CT molecular complexity index is 3500. The number of nitro benzene ring substituents is 2. The Labute approximate surface area is 627 Å². The number of piperidine rings is 3. The number of hydrogen-bond acceptors (Lipinski definition) is 13. The van der Waals surface area contributed by atoms with Gasteiger partial charge in [-0.3, -0.25) is 49.1 Å². The fraction of sp³-hybridized carbons (Fsp3) is 0.500. The summed E-state index contributed by atoms with van der Waals surface area (Å²) in [5.74, 6) is -0.458. The number of amides is 1. The van der Waals surface area contributed by atoms with Gasteiger partial charge >= 0.3 is 24.7 Å². The molecule has 586 valence electrons. The maximum absolute atomic E-state index is 13.1. The van der Waals surface area contributed by atoms with Gasteiger partial charge in [0.05, 0.1) is 68.7 Å². The van der Waals surface area contributed by atoms with Crippen LogP contribution >= 0.6 is 47.2 Å². The number of aromatic nitrogens is 2. The van der Waals surface area contributed by atoms with Crippen LogP contribution in [-0.2, 0) is 24.7 Å². The lowest BCUT2D eigenvalue weighted by molar-refractivity contribution is -0.385. The standard InChI is InChI=1S/C18H18F3N3O.C12H13F3N2O2.C12H15F3N2.C8H6F3NO2.C8H19N.C6H4ClNO.C6H12.CH2Cl2.CH3F.ClH/c19-18(20,21)14-4-5-16(24-10-2-1-3-11-24)15(12-14)23-17(25)13-6-8-22-9-7-13;13-12(14,15)9-4-5-10(11(8-9)17(18)19)16-6-2-1-3-7-16;13-12(14,15)9-4-5-11(10(16)8-9)17-6-2-1-3-7-17;1-5-2-3-6(8(9,10)11)4-7(5)12(13)14;1-6-9(7(2)3)8(4)5;7-6(9)5-1-3-8-4-2-5;1-2-4-6-5-3-1;2-1-3;1-2;/h4-9,12H,1-3,10-11H2,(H,23,25);4-5,8H,1-3,6-7H2;4-5,8H,1-3,6-7,16H2;2-4H,1H3;7-8H,6H2,1-5H3;1-4H;1-6H2;1H2;1H3;1H/i;;;;;;;;1D;. The molecular formula is C72H93Cl4F13N10O6. The van der Waals surface area contributed by atoms with E-state index in [4.69, 9.17) is 41.9 Å². The number of anilines is 5. The van der Waals surface area contributed by atoms with Crippen LogP contribution in [0, 0.1) is 27.2 Å². The maximum Gasteiger partial charge on any atom is 0.416 e. The number of carbonyl (C=O) groups excluding carboxylic acids is 2. The summed E-state index contributed by atoms with van der Waals surface area (Å²) >= 11 is 14.7. The number of hydrogen-bond donors (Lipinski definition) is 2. The van der Waals surface area contributed by atoms with Gasteiger partial charge in [0, 0.05) is 105 Å². The third-order valence-electron chi connectivity index (χ3n) is 16.3. The molecule has 4 aliphatic rings. The van der Waals surface area contributed by atoms with E-state index in [9.17, 15) is 86.9 Å². The van der Waals surface area contributed by atoms with Crippen LogP contribution in [0.3, 0.4) is 0 Å². The molecule has 4 aromatic carbocycles. The fourth-order valence-corrected chi connectivity index (χ4v) is 11.3. The molecule has 6 aromatic rings. The van der Waals surface area contributed by atoms with Gasteiger partial charge in [0.2, 0.25) is 0 Å². The van der Waals surface area contributed by atoms with E-state index in [1.807, 2.05) is 4.90 Å². The van der Waals surface area contributed by atoms with Crippen molar-refractivity contribution in [3.63, 3.8) is 0 Å². The summed E-state index contributed by atoms with van der Waals surface area (Å²) in [7, 11) is -1.00. The monoisotopic (exact) mass is 1580 g/mol. The lowest BCUT2D eigenvalue weighted by Crippen LogP contribution is -2.36. The molecular weight excluding hydrogens is 1490 g/mol. The van der Waals surface area contributed by atoms with Crippen LogP contribution in [0.2, 0.25) is 0 Å². The van der Waals surface area contributed by atoms with E-state index in [-0.39, 0.29) is 40.4 Å². The topological polar surface area (TPSA) is 197 Å². The van der Waals surface area contributed by atoms with E-state index in [0.717, 1.165) is 132 Å². The first-order valence-corrected chi connectivity index (χ1v) is 35.0. The van der Waals surface area contributed by atoms with Crippen molar-refractivity contribution in [2.24, 2.45) is 0 Å². The molecule has 105 heavy (non-hydrogen) atoms. The summed E-state index contributed by atoms with van der Waals surface area (Å²) in [5.41, 5.74) is 4.30. The molecule has 16 nitrogen and oxygen atoms in total. The molecule has 5 heterocycles. The number of nitro groups is 2. The highest BCUT2D eigenvalue weighted by molar-refractivity contribution is 6.67. The third-order valence-corrected chi connectivity index (χ3v) is 16.5. The quantitative estimate of drug-likeness (QED) is 0.0311. The average molecular weight is 1580 g/mol. The first kappa shape index (κ1) is 93.6. The zero-order valence-corrected chi connectivity index (χ0v) is 62.3. The van der Waals surface area contributed by atoms with Crippen molar-refractivity contribution >= 4 is 98.2 Å². The molecule has 3 N–H and O–H groups in total. The van der Waals surface area contributed by atoms with E-state index < -0.39 is 86.5 Å². The minimum absolute atomic E-state index is 0. The van der Waals surface area contributed by atoms with Crippen LogP contribution in [0.4, 0.5) is 96.9 Å². The Hall–Kier alpha value is -7.47. The fourth-order valence-electron chi connectivity index (χ4n) is 11.2. The van der Waals surface area contributed by atoms with Crippen LogP contribution in [-0.4, -0.2) is 106 Å². The van der Waals surface area contributed by atoms with E-state index in [0.29, 0.717) is 54.1 Å². The molecule has 2 aromatic heterocycles. The second kappa shape index (κ2) is 48.7. The second-order valence-electron chi connectivity index (χ2n) is 24.3. The van der Waals surface area contributed by atoms with Gasteiger partial charge in [-0.2, -0.15) is 52.7 Å². The maximum atomic E-state index is 13.1. The highest BCUT2D eigenvalue weighted by Gasteiger charge is 2.36. The van der Waals surface area contributed by atoms with Gasteiger partial charge in [0.25, 0.3) is 22.5 Å². The molecule has 10 rings (SSSR count). The third kappa shape index (κ3) is 35.2. The summed E-state index contributed by atoms with van der Waals surface area (Å²) in [4.78, 5) is 58.3. The molecule has 0 bridgehead atoms. The number of nitrogens with zero attached hydrogens (tertiary/aromatic N) is 8. The number of nitrogens with two attached hydrogens (primary N) is 1. The summed E-state index contributed by atoms with van der Waals surface area (Å²) in [6.45, 7) is 18.3. The number of rotatable bonds is 11. The molecule has 0 unspecified atom stereocenters. The number of nitrogen functional groups attached to an aromatic ring is 1. The molecule has 33 heteroatoms. The van der Waals surface area contributed by atoms with Crippen molar-refractivity contribution in [2.75, 3.05) is 84.1 Å². The van der Waals surface area contributed by atoms with E-state index in [1.54, 1.807) is 17.0 Å². The first-order chi connectivity index (χ1) is 49.4. The van der Waals surface area contributed by atoms with Gasteiger partial charge in [0.15, 0.2) is 0 Å². The van der Waals surface area contributed by atoms with Crippen LogP contribution in [0.25, 0.3) is 0 Å². The van der Waals surface area contributed by atoms with Crippen molar-refractivity contribution in [1.29, 1.82) is 0 Å². The highest BCUT2D eigenvalue weighted by Crippen LogP contribution is 2.40. The summed E-state index contributed by atoms with van der Waals surface area (Å²) in [6, 6.07) is 19.8. The van der Waals surface area contributed by atoms with Crippen molar-refractivity contribution in [3.05, 3.63) is 181 Å². The van der Waals surface area contributed by atoms with Crippen molar-refractivity contribution in [3.8, 4) is 0 Å². The molecule has 0 atom stereocenters. The van der Waals surface area contributed by atoms with E-state index >= 15 is 0 Å². The molecule has 3 aliphatic heterocycles. The van der Waals surface area contributed by atoms with Gasteiger partial charge in [-0.15, -0.1) is 35.6 Å². The minimum atomic E-state index is -4.56. The van der Waals surface area contributed by atoms with Crippen LogP contribution < -0.4 is 25.8 Å². The highest BCUT2D eigenvalue weighted by atomic mass is 35.5. The van der Waals surface area contributed by atoms with Crippen molar-refractivity contribution in [2.45, 2.75) is 175 Å². The molecule has 3 saturated heterocycles. The van der Waals surface area contributed by atoms with Crippen LogP contribution in [0.15, 0.2) is 122 Å². The number of aryl methyl sites for hydroxylation is 1. The number of carbonyl (C=O) groups is 2. The van der Waals surface area contributed by atoms with E-state index in [2.05, 4.69) is 59.7 Å². The smallest absolute Gasteiger partial charge is 0.397 e. The summed E-state index contributed by atoms with van der Waals surface area (Å²) < 4.78 is 166. The van der Waals surface area contributed by atoms with Gasteiger partial charge in [0.1, 0.15) is 5.69 Å². The van der Waals surface area contributed by atoms with Crippen molar-refractivity contribution in [1.82, 2.24) is 14.9 Å². The van der Waals surface area contributed by atoms with Crippen LogP contribution in [0.5, 0.6) is 0 Å². The van der Waals surface area contributed by atoms with Gasteiger partial charge in [-0.25, -0.2) is 0 Å².